The van der Waals surface area contributed by atoms with E-state index in [1.165, 1.54) is 4.90 Å². The number of hydrogen-bond acceptors (Lipinski definition) is 2. The Hall–Kier alpha value is -0.980. The molecule has 0 N–H and O–H groups in total. The summed E-state index contributed by atoms with van der Waals surface area (Å²) < 4.78 is 36.8. The molecule has 1 heterocycles. The van der Waals surface area contributed by atoms with E-state index in [9.17, 15) is 13.2 Å². The van der Waals surface area contributed by atoms with Crippen LogP contribution in [0.2, 0.25) is 0 Å². The Morgan fingerprint density at radius 2 is 1.78 bits per heavy atom. The number of nitrogens with zero attached hydrogens (tertiary/aromatic N) is 4. The lowest BCUT2D eigenvalue weighted by Gasteiger charge is -2.24. The van der Waals surface area contributed by atoms with Gasteiger partial charge in [-0.3, -0.25) is 4.90 Å². The average molecular weight is 266 g/mol. The van der Waals surface area contributed by atoms with Crippen LogP contribution in [0.15, 0.2) is 4.99 Å². The molecule has 0 radical (unpaired) electrons. The second-order valence-electron chi connectivity index (χ2n) is 5.01. The minimum atomic E-state index is -4.12. The van der Waals surface area contributed by atoms with Crippen molar-refractivity contribution in [1.29, 1.82) is 0 Å². The zero-order valence-electron chi connectivity index (χ0n) is 11.3. The van der Waals surface area contributed by atoms with Crippen molar-refractivity contribution in [3.05, 3.63) is 0 Å². The third-order valence-corrected chi connectivity index (χ3v) is 2.75. The fourth-order valence-corrected chi connectivity index (χ4v) is 2.11. The van der Waals surface area contributed by atoms with Crippen molar-refractivity contribution in [3.8, 4) is 0 Å². The SMILES string of the molecule is CN(C)C(=NC1CCN(CC(F)(F)F)C1)N(C)C. The van der Waals surface area contributed by atoms with E-state index < -0.39 is 12.7 Å². The molecule has 1 fully saturated rings. The van der Waals surface area contributed by atoms with Crippen LogP contribution in [0.1, 0.15) is 6.42 Å². The van der Waals surface area contributed by atoms with Crippen molar-refractivity contribution in [1.82, 2.24) is 14.7 Å². The minimum Gasteiger partial charge on any atom is -0.349 e. The normalized spacial score (nSPS) is 20.9. The van der Waals surface area contributed by atoms with Gasteiger partial charge in [-0.15, -0.1) is 0 Å². The van der Waals surface area contributed by atoms with E-state index in [0.717, 1.165) is 5.96 Å². The first kappa shape index (κ1) is 15.1. The molecule has 0 aromatic rings. The highest BCUT2D eigenvalue weighted by atomic mass is 19.4. The molecule has 106 valence electrons. The lowest BCUT2D eigenvalue weighted by atomic mass is 10.3. The maximum absolute atomic E-state index is 12.3. The zero-order valence-corrected chi connectivity index (χ0v) is 11.3. The molecule has 18 heavy (non-hydrogen) atoms. The molecule has 4 nitrogen and oxygen atoms in total. The van der Waals surface area contributed by atoms with Gasteiger partial charge in [-0.1, -0.05) is 0 Å². The molecule has 1 atom stereocenters. The number of guanidine groups is 1. The predicted octanol–water partition coefficient (Wildman–Crippen LogP) is 1.10. The van der Waals surface area contributed by atoms with Gasteiger partial charge in [-0.2, -0.15) is 13.2 Å². The lowest BCUT2D eigenvalue weighted by Crippen LogP contribution is -2.37. The Morgan fingerprint density at radius 1 is 1.22 bits per heavy atom. The van der Waals surface area contributed by atoms with Crippen molar-refractivity contribution in [3.63, 3.8) is 0 Å². The summed E-state index contributed by atoms with van der Waals surface area (Å²) in [6.07, 6.45) is -3.44. The van der Waals surface area contributed by atoms with Crippen LogP contribution < -0.4 is 0 Å². The van der Waals surface area contributed by atoms with Crippen molar-refractivity contribution in [2.24, 2.45) is 4.99 Å². The summed E-state index contributed by atoms with van der Waals surface area (Å²) in [6, 6.07) is -0.0489. The molecule has 1 aliphatic heterocycles. The molecule has 0 bridgehead atoms. The molecule has 0 spiro atoms. The van der Waals surface area contributed by atoms with E-state index in [1.54, 1.807) is 0 Å². The zero-order chi connectivity index (χ0) is 13.9. The predicted molar refractivity (Wildman–Crippen MR) is 65.7 cm³/mol. The average Bonchev–Trinajstić information content (AvgIpc) is 2.58. The quantitative estimate of drug-likeness (QED) is 0.552. The van der Waals surface area contributed by atoms with E-state index in [-0.39, 0.29) is 6.04 Å². The van der Waals surface area contributed by atoms with Crippen LogP contribution in [0, 0.1) is 0 Å². The smallest absolute Gasteiger partial charge is 0.349 e. The fourth-order valence-electron chi connectivity index (χ4n) is 2.11. The van der Waals surface area contributed by atoms with Crippen LogP contribution in [0.5, 0.6) is 0 Å². The maximum Gasteiger partial charge on any atom is 0.401 e. The Balaban J connectivity index is 2.58. The molecule has 1 unspecified atom stereocenters. The molecule has 7 heteroatoms. The van der Waals surface area contributed by atoms with E-state index in [2.05, 4.69) is 4.99 Å². The largest absolute Gasteiger partial charge is 0.401 e. The molecular weight excluding hydrogens is 245 g/mol. The first-order chi connectivity index (χ1) is 8.19. The van der Waals surface area contributed by atoms with Crippen LogP contribution in [0.4, 0.5) is 13.2 Å². The molecule has 0 aliphatic carbocycles. The van der Waals surface area contributed by atoms with Gasteiger partial charge < -0.3 is 9.80 Å². The molecule has 0 saturated carbocycles. The van der Waals surface area contributed by atoms with Gasteiger partial charge in [0, 0.05) is 41.3 Å². The highest BCUT2D eigenvalue weighted by Gasteiger charge is 2.34. The minimum absolute atomic E-state index is 0.0489. The van der Waals surface area contributed by atoms with Gasteiger partial charge in [0.25, 0.3) is 0 Å². The summed E-state index contributed by atoms with van der Waals surface area (Å²) >= 11 is 0. The monoisotopic (exact) mass is 266 g/mol. The van der Waals surface area contributed by atoms with Gasteiger partial charge in [-0.25, -0.2) is 4.99 Å². The van der Waals surface area contributed by atoms with Gasteiger partial charge in [0.15, 0.2) is 5.96 Å². The van der Waals surface area contributed by atoms with E-state index in [4.69, 9.17) is 0 Å². The van der Waals surface area contributed by atoms with Gasteiger partial charge in [0.2, 0.25) is 0 Å². The summed E-state index contributed by atoms with van der Waals surface area (Å²) in [5, 5.41) is 0. The Bertz CT molecular complexity index is 289. The summed E-state index contributed by atoms with van der Waals surface area (Å²) in [7, 11) is 7.51. The molecular formula is C11H21F3N4. The second kappa shape index (κ2) is 5.77. The van der Waals surface area contributed by atoms with Crippen LogP contribution >= 0.6 is 0 Å². The highest BCUT2D eigenvalue weighted by molar-refractivity contribution is 5.79. The second-order valence-corrected chi connectivity index (χ2v) is 5.01. The van der Waals surface area contributed by atoms with Crippen LogP contribution in [0.3, 0.4) is 0 Å². The standard InChI is InChI=1S/C11H21F3N4/c1-16(2)10(17(3)4)15-9-5-6-18(7-9)8-11(12,13)14/h9H,5-8H2,1-4H3. The Morgan fingerprint density at radius 3 is 2.22 bits per heavy atom. The number of rotatable bonds is 2. The molecule has 0 aromatic carbocycles. The number of hydrogen-bond donors (Lipinski definition) is 0. The molecule has 1 saturated heterocycles. The maximum atomic E-state index is 12.3. The molecule has 1 aliphatic rings. The Labute approximate surface area is 106 Å². The third kappa shape index (κ3) is 4.72. The topological polar surface area (TPSA) is 22.1 Å². The summed E-state index contributed by atoms with van der Waals surface area (Å²) in [6.45, 7) is 0.00475. The molecule has 0 aromatic heterocycles. The van der Waals surface area contributed by atoms with Gasteiger partial charge in [0.1, 0.15) is 0 Å². The Kier molecular flexibility index (Phi) is 4.84. The number of alkyl halides is 3. The number of halogens is 3. The van der Waals surface area contributed by atoms with Crippen molar-refractivity contribution in [2.45, 2.75) is 18.6 Å². The lowest BCUT2D eigenvalue weighted by molar-refractivity contribution is -0.143. The summed E-state index contributed by atoms with van der Waals surface area (Å²) in [5.41, 5.74) is 0. The number of likely N-dealkylation sites (tertiary alicyclic amines) is 1. The first-order valence-electron chi connectivity index (χ1n) is 5.90. The van der Waals surface area contributed by atoms with E-state index in [1.807, 2.05) is 38.0 Å². The van der Waals surface area contributed by atoms with Crippen molar-refractivity contribution >= 4 is 5.96 Å². The van der Waals surface area contributed by atoms with Crippen molar-refractivity contribution in [2.75, 3.05) is 47.8 Å². The van der Waals surface area contributed by atoms with E-state index in [0.29, 0.717) is 19.5 Å². The highest BCUT2D eigenvalue weighted by Crippen LogP contribution is 2.21. The third-order valence-electron chi connectivity index (χ3n) is 2.75. The van der Waals surface area contributed by atoms with Crippen LogP contribution in [-0.2, 0) is 0 Å². The summed E-state index contributed by atoms with van der Waals surface area (Å²) in [5.74, 6) is 0.786. The summed E-state index contributed by atoms with van der Waals surface area (Å²) in [4.78, 5) is 9.66. The van der Waals surface area contributed by atoms with Crippen LogP contribution in [0.25, 0.3) is 0 Å². The van der Waals surface area contributed by atoms with Gasteiger partial charge in [-0.05, 0) is 6.42 Å². The molecule has 0 amide bonds. The van der Waals surface area contributed by atoms with Gasteiger partial charge >= 0.3 is 6.18 Å². The first-order valence-corrected chi connectivity index (χ1v) is 5.90. The van der Waals surface area contributed by atoms with Crippen molar-refractivity contribution < 1.29 is 13.2 Å². The van der Waals surface area contributed by atoms with E-state index >= 15 is 0 Å². The van der Waals surface area contributed by atoms with Gasteiger partial charge in [0.05, 0.1) is 12.6 Å². The fraction of sp³-hybridized carbons (Fsp3) is 0.909. The number of aliphatic imine (C=N–C) groups is 1. The van der Waals surface area contributed by atoms with Crippen LogP contribution in [-0.4, -0.2) is 80.7 Å². The molecule has 1 rings (SSSR count).